The van der Waals surface area contributed by atoms with Crippen LogP contribution in [0.5, 0.6) is 0 Å². The lowest BCUT2D eigenvalue weighted by molar-refractivity contribution is -0.175. The van der Waals surface area contributed by atoms with Crippen LogP contribution >= 0.6 is 0 Å². The second-order valence-electron chi connectivity index (χ2n) is 3.24. The predicted octanol–water partition coefficient (Wildman–Crippen LogP) is 1.68. The van der Waals surface area contributed by atoms with Gasteiger partial charge in [-0.3, -0.25) is 0 Å². The second-order valence-corrected chi connectivity index (χ2v) is 3.24. The normalized spacial score (nSPS) is 9.84. The fourth-order valence-corrected chi connectivity index (χ4v) is 1.27. The van der Waals surface area contributed by atoms with Crippen molar-refractivity contribution in [3.8, 4) is 0 Å². The molecule has 4 nitrogen and oxygen atoms in total. The van der Waals surface area contributed by atoms with Gasteiger partial charge < -0.3 is 21.7 Å². The third-order valence-corrected chi connectivity index (χ3v) is 1.86. The minimum atomic E-state index is -6.00. The van der Waals surface area contributed by atoms with Gasteiger partial charge in [-0.1, -0.05) is 18.2 Å². The summed E-state index contributed by atoms with van der Waals surface area (Å²) in [4.78, 5) is 10.9. The Labute approximate surface area is 105 Å². The van der Waals surface area contributed by atoms with E-state index in [2.05, 4.69) is 0 Å². The number of hydrogen-bond donors (Lipinski definition) is 1. The van der Waals surface area contributed by atoms with Crippen molar-refractivity contribution in [2.75, 3.05) is 0 Å². The first-order valence-electron chi connectivity index (χ1n) is 4.86. The lowest BCUT2D eigenvalue weighted by Gasteiger charge is -1.97. The highest BCUT2D eigenvalue weighted by Gasteiger charge is 2.20. The van der Waals surface area contributed by atoms with Crippen molar-refractivity contribution in [3.63, 3.8) is 0 Å². The Morgan fingerprint density at radius 3 is 2.16 bits per heavy atom. The Kier molecular flexibility index (Phi) is 6.26. The first-order chi connectivity index (χ1) is 8.77. The summed E-state index contributed by atoms with van der Waals surface area (Å²) in [7, 11) is -6.00. The molecule has 0 aliphatic heterocycles. The highest BCUT2D eigenvalue weighted by atomic mass is 19.5. The van der Waals surface area contributed by atoms with Crippen LogP contribution in [0.4, 0.5) is 17.3 Å². The van der Waals surface area contributed by atoms with Gasteiger partial charge in [0.25, 0.3) is 0 Å². The molecule has 0 saturated heterocycles. The summed E-state index contributed by atoms with van der Waals surface area (Å²) in [6, 6.07) is 9.01. The van der Waals surface area contributed by atoms with Gasteiger partial charge in [0.05, 0.1) is 5.39 Å². The van der Waals surface area contributed by atoms with Crippen molar-refractivity contribution in [1.82, 2.24) is 0 Å². The molecule has 9 heteroatoms. The van der Waals surface area contributed by atoms with Gasteiger partial charge in [-0.2, -0.15) is 0 Å². The van der Waals surface area contributed by atoms with Crippen molar-refractivity contribution in [2.45, 2.75) is 6.92 Å². The zero-order valence-electron chi connectivity index (χ0n) is 9.74. The number of benzene rings is 1. The molecule has 0 aliphatic rings. The maximum absolute atomic E-state index is 10.9. The van der Waals surface area contributed by atoms with Crippen LogP contribution in [0.25, 0.3) is 11.0 Å². The molecule has 102 valence electrons. The number of halogens is 4. The van der Waals surface area contributed by atoms with E-state index in [1.165, 1.54) is 6.07 Å². The predicted molar refractivity (Wildman–Crippen MR) is 60.1 cm³/mol. The number of nitrogens with zero attached hydrogens (tertiary/aromatic N) is 1. The van der Waals surface area contributed by atoms with Crippen molar-refractivity contribution in [1.29, 1.82) is 5.39 Å². The van der Waals surface area contributed by atoms with E-state index in [9.17, 15) is 22.1 Å². The third-order valence-electron chi connectivity index (χ3n) is 1.86. The summed E-state index contributed by atoms with van der Waals surface area (Å²) in [6.07, 6.45) is 0. The number of aryl methyl sites for hydroxylation is 1. The van der Waals surface area contributed by atoms with E-state index >= 15 is 0 Å². The quantitative estimate of drug-likeness (QED) is 0.344. The van der Waals surface area contributed by atoms with E-state index in [0.717, 1.165) is 10.9 Å². The maximum Gasteiger partial charge on any atom is 0.673 e. The number of hydrogen-bond acceptors (Lipinski definition) is 3. The van der Waals surface area contributed by atoms with Gasteiger partial charge in [-0.05, 0) is 18.6 Å². The van der Waals surface area contributed by atoms with Gasteiger partial charge in [-0.15, -0.1) is 0 Å². The summed E-state index contributed by atoms with van der Waals surface area (Å²) >= 11 is 0. The van der Waals surface area contributed by atoms with E-state index in [1.54, 1.807) is 6.07 Å². The fourth-order valence-electron chi connectivity index (χ4n) is 1.27. The molecule has 1 heterocycles. The van der Waals surface area contributed by atoms with Gasteiger partial charge in [-0.25, -0.2) is 4.79 Å². The Bertz CT molecular complexity index is 603. The van der Waals surface area contributed by atoms with Gasteiger partial charge in [0.15, 0.2) is 0 Å². The molecule has 0 amide bonds. The molecule has 0 bridgehead atoms. The molecule has 0 atom stereocenters. The first kappa shape index (κ1) is 16.6. The molecule has 0 radical (unpaired) electrons. The smallest absolute Gasteiger partial charge is 0.423 e. The molecule has 0 aliphatic carbocycles. The molecule has 0 spiro atoms. The molecule has 1 aromatic heterocycles. The molecule has 1 aromatic carbocycles. The third kappa shape index (κ3) is 6.83. The summed E-state index contributed by atoms with van der Waals surface area (Å²) in [5.74, 6) is 0. The van der Waals surface area contributed by atoms with Gasteiger partial charge in [0, 0.05) is 11.5 Å². The average Bonchev–Trinajstić information content (AvgIpc) is 2.29. The van der Waals surface area contributed by atoms with Crippen molar-refractivity contribution in [2.24, 2.45) is 0 Å². The van der Waals surface area contributed by atoms with E-state index in [1.807, 2.05) is 25.1 Å². The SMILES string of the molecule is Cc1cc(=O)oc2ccccc12.F[B-](F)(F)F.N#[NH+]. The average molecular weight is 276 g/mol. The zero-order chi connectivity index (χ0) is 15.1. The number of para-hydroxylation sites is 1. The molecule has 19 heavy (non-hydrogen) atoms. The summed E-state index contributed by atoms with van der Waals surface area (Å²) in [5, 5.41) is 12.0. The summed E-state index contributed by atoms with van der Waals surface area (Å²) in [5.41, 5.74) is 1.33. The monoisotopic (exact) mass is 276 g/mol. The highest BCUT2D eigenvalue weighted by Crippen LogP contribution is 2.14. The van der Waals surface area contributed by atoms with E-state index in [-0.39, 0.29) is 5.63 Å². The summed E-state index contributed by atoms with van der Waals surface area (Å²) < 4.78 is 44.0. The lowest BCUT2D eigenvalue weighted by atomic mass is 10.1. The Hall–Kier alpha value is -2.37. The lowest BCUT2D eigenvalue weighted by Crippen LogP contribution is -2.11. The molecule has 1 N–H and O–H groups in total. The molecular weight excluding hydrogens is 267 g/mol. The van der Waals surface area contributed by atoms with Crippen LogP contribution in [0.1, 0.15) is 5.56 Å². The molecular formula is C10H9BF4N2O2. The number of rotatable bonds is 0. The van der Waals surface area contributed by atoms with E-state index in [4.69, 9.17) is 15.2 Å². The number of nitrogens with one attached hydrogen (secondary N) is 1. The molecule has 0 fully saturated rings. The van der Waals surface area contributed by atoms with E-state index in [0.29, 0.717) is 5.58 Å². The van der Waals surface area contributed by atoms with Crippen molar-refractivity contribution >= 4 is 18.2 Å². The summed E-state index contributed by atoms with van der Waals surface area (Å²) in [6.45, 7) is 1.90. The maximum atomic E-state index is 10.9. The standard InChI is InChI=1S/C10H8O2.BF4.N2/c1-7-6-10(11)12-9-5-3-2-4-8(7)9;2-1(3,4)5;1-2/h2-6H,1H3;;/q;-1;/p+1. The highest BCUT2D eigenvalue weighted by molar-refractivity contribution is 6.50. The van der Waals surface area contributed by atoms with Crippen LogP contribution in [0, 0.1) is 12.3 Å². The van der Waals surface area contributed by atoms with Crippen LogP contribution in [-0.4, -0.2) is 7.25 Å². The van der Waals surface area contributed by atoms with Crippen molar-refractivity contribution < 1.29 is 27.1 Å². The Morgan fingerprint density at radius 2 is 1.63 bits per heavy atom. The Balaban J connectivity index is 0.000000396. The zero-order valence-corrected chi connectivity index (χ0v) is 9.74. The van der Waals surface area contributed by atoms with E-state index < -0.39 is 7.25 Å². The largest absolute Gasteiger partial charge is 0.673 e. The minimum absolute atomic E-state index is 0.286. The van der Waals surface area contributed by atoms with Crippen LogP contribution in [0.2, 0.25) is 0 Å². The van der Waals surface area contributed by atoms with Gasteiger partial charge >= 0.3 is 12.9 Å². The van der Waals surface area contributed by atoms with Crippen molar-refractivity contribution in [3.05, 3.63) is 46.3 Å². The molecule has 2 aromatic rings. The second kappa shape index (κ2) is 7.15. The van der Waals surface area contributed by atoms with Crippen LogP contribution in [0.3, 0.4) is 0 Å². The van der Waals surface area contributed by atoms with Gasteiger partial charge in [0.1, 0.15) is 5.58 Å². The number of fused-ring (bicyclic) bond motifs is 1. The topological polar surface area (TPSA) is 77.8 Å². The first-order valence-corrected chi connectivity index (χ1v) is 4.86. The van der Waals surface area contributed by atoms with Crippen LogP contribution < -0.4 is 11.0 Å². The fraction of sp³-hybridized carbons (Fsp3) is 0.100. The number of diazo groups is 1. The van der Waals surface area contributed by atoms with Gasteiger partial charge in [0.2, 0.25) is 5.39 Å². The van der Waals surface area contributed by atoms with Crippen LogP contribution in [0.15, 0.2) is 39.5 Å². The minimum Gasteiger partial charge on any atom is -0.423 e. The Morgan fingerprint density at radius 1 is 1.16 bits per heavy atom. The van der Waals surface area contributed by atoms with Crippen LogP contribution in [-0.2, 0) is 0 Å². The molecule has 2 rings (SSSR count). The molecule has 0 saturated carbocycles. The molecule has 0 unspecified atom stereocenters.